The highest BCUT2D eigenvalue weighted by Gasteiger charge is 1.97. The van der Waals surface area contributed by atoms with Crippen molar-refractivity contribution in [2.45, 2.75) is 190 Å². The van der Waals surface area contributed by atoms with Crippen molar-refractivity contribution in [2.24, 2.45) is 0 Å². The van der Waals surface area contributed by atoms with E-state index < -0.39 is 0 Å². The van der Waals surface area contributed by atoms with Crippen LogP contribution in [0.2, 0.25) is 0 Å². The van der Waals surface area contributed by atoms with Crippen LogP contribution in [0.5, 0.6) is 0 Å². The first-order chi connectivity index (χ1) is 25.2. The predicted octanol–water partition coefficient (Wildman–Crippen LogP) is 17.0. The largest absolute Gasteiger partial charge is 0.264 e. The van der Waals surface area contributed by atoms with Crippen molar-refractivity contribution in [3.63, 3.8) is 0 Å². The fourth-order valence-electron chi connectivity index (χ4n) is 2.88. The van der Waals surface area contributed by atoms with Crippen LogP contribution in [-0.2, 0) is 0 Å². The molecule has 0 bridgehead atoms. The summed E-state index contributed by atoms with van der Waals surface area (Å²) >= 11 is 0. The Hall–Kier alpha value is -3.40. The molecule has 0 saturated heterocycles. The lowest BCUT2D eigenvalue weighted by molar-refractivity contribution is 0.823. The molecule has 0 aliphatic rings. The van der Waals surface area contributed by atoms with Gasteiger partial charge in [0.15, 0.2) is 0 Å². The highest BCUT2D eigenvalue weighted by molar-refractivity contribution is 5.17. The fraction of sp³-hybridized carbons (Fsp3) is 0.583. The Bertz CT molecular complexity index is 845. The number of aromatic nitrogens is 4. The normalized spacial score (nSPS) is 7.92. The molecule has 0 unspecified atom stereocenters. The summed E-state index contributed by atoms with van der Waals surface area (Å²) in [6.45, 7) is 49.3. The van der Waals surface area contributed by atoms with Gasteiger partial charge < -0.3 is 0 Å². The van der Waals surface area contributed by atoms with Crippen LogP contribution in [0.4, 0.5) is 0 Å². The van der Waals surface area contributed by atoms with Crippen molar-refractivity contribution in [3.8, 4) is 0 Å². The van der Waals surface area contributed by atoms with Crippen molar-refractivity contribution in [1.82, 2.24) is 19.9 Å². The SMILES string of the molecule is CC.CC.CC.CC.CC.CC.CC.CC.CC(C)c1ccccc1.CC(C)c1ccccn1.CC(C)c1cccnc1.CC(C)c1cncnc1. The molecule has 0 amide bonds. The van der Waals surface area contributed by atoms with Crippen molar-refractivity contribution in [2.75, 3.05) is 0 Å². The van der Waals surface area contributed by atoms with Gasteiger partial charge in [-0.3, -0.25) is 9.97 Å². The minimum Gasteiger partial charge on any atom is -0.264 e. The Balaban J connectivity index is -0.0000000731. The molecule has 0 fully saturated rings. The van der Waals surface area contributed by atoms with Crippen LogP contribution in [0.1, 0.15) is 212 Å². The van der Waals surface area contributed by atoms with E-state index in [1.165, 1.54) is 16.7 Å². The standard InChI is InChI=1S/C9H12.2C8H11N.C7H10N2.8C2H6/c1-8(2)9-6-4-3-5-7-9;1-7(2)8-4-3-5-9-6-8;1-7(2)8-5-3-4-6-9-8;1-6(2)7-3-8-5-9-4-7;8*1-2/h3-8H,1-2H3;2*3-7H,1-2H3;3-6H,1-2H3;8*1-2H3. The monoisotopic (exact) mass is 725 g/mol. The molecule has 304 valence electrons. The lowest BCUT2D eigenvalue weighted by Gasteiger charge is -2.01. The molecule has 3 aromatic heterocycles. The quantitative estimate of drug-likeness (QED) is 0.210. The molecule has 0 N–H and O–H groups in total. The Labute approximate surface area is 329 Å². The lowest BCUT2D eigenvalue weighted by Crippen LogP contribution is -1.88. The number of benzene rings is 1. The average molecular weight is 725 g/mol. The number of hydrogen-bond donors (Lipinski definition) is 0. The number of rotatable bonds is 4. The molecule has 52 heavy (non-hydrogen) atoms. The summed E-state index contributed by atoms with van der Waals surface area (Å²) in [6.07, 6.45) is 10.8. The molecular weight excluding hydrogens is 633 g/mol. The van der Waals surface area contributed by atoms with Gasteiger partial charge in [0.05, 0.1) is 0 Å². The van der Waals surface area contributed by atoms with Crippen molar-refractivity contribution in [3.05, 3.63) is 120 Å². The summed E-state index contributed by atoms with van der Waals surface area (Å²) in [5.41, 5.74) is 5.07. The van der Waals surface area contributed by atoms with Gasteiger partial charge in [-0.15, -0.1) is 0 Å². The smallest absolute Gasteiger partial charge is 0.115 e. The molecular formula is C48H92N4. The zero-order valence-corrected chi connectivity index (χ0v) is 39.3. The Morgan fingerprint density at radius 1 is 0.327 bits per heavy atom. The third-order valence-corrected chi connectivity index (χ3v) is 5.34. The number of nitrogens with zero attached hydrogens (tertiary/aromatic N) is 4. The molecule has 0 atom stereocenters. The maximum Gasteiger partial charge on any atom is 0.115 e. The Morgan fingerprint density at radius 2 is 0.692 bits per heavy atom. The average Bonchev–Trinajstić information content (AvgIpc) is 3.25. The minimum absolute atomic E-state index is 0.534. The van der Waals surface area contributed by atoms with Gasteiger partial charge in [-0.25, -0.2) is 9.97 Å². The van der Waals surface area contributed by atoms with Crippen LogP contribution in [0.3, 0.4) is 0 Å². The molecule has 4 heteroatoms. The Kier molecular flexibility index (Phi) is 80.6. The molecule has 4 rings (SSSR count). The topological polar surface area (TPSA) is 51.6 Å². The molecule has 0 spiro atoms. The van der Waals surface area contributed by atoms with E-state index in [2.05, 4.69) is 106 Å². The van der Waals surface area contributed by atoms with Gasteiger partial charge in [0, 0.05) is 36.7 Å². The molecule has 0 aliphatic heterocycles. The summed E-state index contributed by atoms with van der Waals surface area (Å²) in [5.74, 6) is 2.34. The van der Waals surface area contributed by atoms with Gasteiger partial charge >= 0.3 is 0 Å². The maximum atomic E-state index is 4.18. The second kappa shape index (κ2) is 62.7. The zero-order chi connectivity index (χ0) is 42.8. The summed E-state index contributed by atoms with van der Waals surface area (Å²) in [4.78, 5) is 16.0. The molecule has 3 heterocycles. The van der Waals surface area contributed by atoms with E-state index in [1.54, 1.807) is 12.5 Å². The summed E-state index contributed by atoms with van der Waals surface area (Å²) in [7, 11) is 0. The van der Waals surface area contributed by atoms with Gasteiger partial charge in [0.25, 0.3) is 0 Å². The van der Waals surface area contributed by atoms with E-state index in [9.17, 15) is 0 Å². The van der Waals surface area contributed by atoms with Crippen LogP contribution >= 0.6 is 0 Å². The van der Waals surface area contributed by atoms with Gasteiger partial charge in [-0.1, -0.05) is 209 Å². The summed E-state index contributed by atoms with van der Waals surface area (Å²) < 4.78 is 0. The van der Waals surface area contributed by atoms with Crippen LogP contribution in [0.25, 0.3) is 0 Å². The van der Waals surface area contributed by atoms with Crippen LogP contribution < -0.4 is 0 Å². The maximum absolute atomic E-state index is 4.18. The second-order valence-electron chi connectivity index (χ2n) is 9.74. The predicted molar refractivity (Wildman–Crippen MR) is 244 cm³/mol. The third-order valence-electron chi connectivity index (χ3n) is 5.34. The first-order valence-corrected chi connectivity index (χ1v) is 20.8. The third kappa shape index (κ3) is 48.7. The zero-order valence-electron chi connectivity index (χ0n) is 39.3. The van der Waals surface area contributed by atoms with Gasteiger partial charge in [-0.2, -0.15) is 0 Å². The van der Waals surface area contributed by atoms with Gasteiger partial charge in [-0.05, 0) is 58.6 Å². The van der Waals surface area contributed by atoms with Gasteiger partial charge in [0.1, 0.15) is 6.33 Å². The molecule has 4 nitrogen and oxygen atoms in total. The first kappa shape index (κ1) is 66.8. The Morgan fingerprint density at radius 3 is 0.923 bits per heavy atom. The molecule has 4 aromatic rings. The molecule has 0 radical (unpaired) electrons. The van der Waals surface area contributed by atoms with E-state index in [1.807, 2.05) is 166 Å². The van der Waals surface area contributed by atoms with E-state index in [-0.39, 0.29) is 0 Å². The second-order valence-corrected chi connectivity index (χ2v) is 9.74. The fourth-order valence-corrected chi connectivity index (χ4v) is 2.88. The summed E-state index contributed by atoms with van der Waals surface area (Å²) in [6, 6.07) is 20.6. The lowest BCUT2D eigenvalue weighted by atomic mass is 10.0. The van der Waals surface area contributed by atoms with E-state index in [4.69, 9.17) is 0 Å². The van der Waals surface area contributed by atoms with Gasteiger partial charge in [0.2, 0.25) is 0 Å². The van der Waals surface area contributed by atoms with Crippen molar-refractivity contribution >= 4 is 0 Å². The van der Waals surface area contributed by atoms with Crippen molar-refractivity contribution < 1.29 is 0 Å². The minimum atomic E-state index is 0.534. The molecule has 0 aliphatic carbocycles. The van der Waals surface area contributed by atoms with E-state index in [0.717, 1.165) is 5.69 Å². The molecule has 1 aromatic carbocycles. The van der Waals surface area contributed by atoms with Crippen LogP contribution in [0.15, 0.2) is 98.0 Å². The van der Waals surface area contributed by atoms with E-state index in [0.29, 0.717) is 23.7 Å². The number of hydrogen-bond acceptors (Lipinski definition) is 4. The summed E-state index contributed by atoms with van der Waals surface area (Å²) in [5, 5.41) is 0. The van der Waals surface area contributed by atoms with Crippen LogP contribution in [0, 0.1) is 0 Å². The first-order valence-electron chi connectivity index (χ1n) is 20.8. The number of pyridine rings is 2. The van der Waals surface area contributed by atoms with E-state index >= 15 is 0 Å². The highest BCUT2D eigenvalue weighted by Crippen LogP contribution is 2.12. The highest BCUT2D eigenvalue weighted by atomic mass is 14.8. The van der Waals surface area contributed by atoms with Crippen molar-refractivity contribution in [1.29, 1.82) is 0 Å². The van der Waals surface area contributed by atoms with Crippen LogP contribution in [-0.4, -0.2) is 19.9 Å². The molecule has 0 saturated carbocycles.